The molecule has 1 aromatic carbocycles. The molecule has 0 saturated heterocycles. The third-order valence-electron chi connectivity index (χ3n) is 3.61. The van der Waals surface area contributed by atoms with Gasteiger partial charge in [0.25, 0.3) is 0 Å². The third-order valence-corrected chi connectivity index (χ3v) is 3.61. The highest BCUT2D eigenvalue weighted by Gasteiger charge is 2.17. The molecule has 1 heterocycles. The molecule has 0 bridgehead atoms. The number of hydrogen-bond acceptors (Lipinski definition) is 4. The van der Waals surface area contributed by atoms with Crippen LogP contribution >= 0.6 is 0 Å². The van der Waals surface area contributed by atoms with E-state index >= 15 is 0 Å². The van der Waals surface area contributed by atoms with Crippen LogP contribution in [0.1, 0.15) is 25.3 Å². The molecule has 0 radical (unpaired) electrons. The van der Waals surface area contributed by atoms with Gasteiger partial charge >= 0.3 is 0 Å². The average molecular weight is 278 g/mol. The summed E-state index contributed by atoms with van der Waals surface area (Å²) in [6.45, 7) is 5.90. The lowest BCUT2D eigenvalue weighted by Gasteiger charge is -2.27. The first-order chi connectivity index (χ1) is 9.83. The lowest BCUT2D eigenvalue weighted by molar-refractivity contribution is 0.194. The quantitative estimate of drug-likeness (QED) is 0.717. The Hall–Kier alpha value is -1.26. The first-order valence-electron chi connectivity index (χ1n) is 7.56. The van der Waals surface area contributed by atoms with Crippen molar-refractivity contribution in [2.75, 3.05) is 38.7 Å². The highest BCUT2D eigenvalue weighted by atomic mass is 16.5. The zero-order chi connectivity index (χ0) is 14.2. The van der Waals surface area contributed by atoms with Crippen LogP contribution in [-0.4, -0.2) is 39.5 Å². The van der Waals surface area contributed by atoms with Crippen molar-refractivity contribution >= 4 is 5.69 Å². The van der Waals surface area contributed by atoms with Gasteiger partial charge in [-0.05, 0) is 50.0 Å². The van der Waals surface area contributed by atoms with E-state index in [-0.39, 0.29) is 0 Å². The van der Waals surface area contributed by atoms with Gasteiger partial charge in [-0.25, -0.2) is 0 Å². The molecule has 2 rings (SSSR count). The van der Waals surface area contributed by atoms with E-state index in [9.17, 15) is 0 Å². The predicted molar refractivity (Wildman–Crippen MR) is 82.7 cm³/mol. The molecule has 1 unspecified atom stereocenters. The second-order valence-electron chi connectivity index (χ2n) is 5.21. The summed E-state index contributed by atoms with van der Waals surface area (Å²) in [5.74, 6) is 0.986. The Balaban J connectivity index is 1.77. The van der Waals surface area contributed by atoms with Gasteiger partial charge in [0.1, 0.15) is 11.9 Å². The molecule has 2 N–H and O–H groups in total. The maximum atomic E-state index is 5.91. The Morgan fingerprint density at radius 3 is 3.10 bits per heavy atom. The van der Waals surface area contributed by atoms with Gasteiger partial charge in [0.15, 0.2) is 0 Å². The van der Waals surface area contributed by atoms with Crippen molar-refractivity contribution < 1.29 is 9.47 Å². The maximum absolute atomic E-state index is 5.91. The highest BCUT2D eigenvalue weighted by Crippen LogP contribution is 2.30. The van der Waals surface area contributed by atoms with Gasteiger partial charge in [-0.15, -0.1) is 0 Å². The summed E-state index contributed by atoms with van der Waals surface area (Å²) in [5, 5.41) is 6.89. The van der Waals surface area contributed by atoms with E-state index in [2.05, 4.69) is 35.8 Å². The maximum Gasteiger partial charge on any atom is 0.142 e. The molecule has 0 aliphatic carbocycles. The van der Waals surface area contributed by atoms with Crippen LogP contribution in [0, 0.1) is 0 Å². The fraction of sp³-hybridized carbons (Fsp3) is 0.625. The van der Waals surface area contributed by atoms with Gasteiger partial charge in [-0.2, -0.15) is 0 Å². The first-order valence-corrected chi connectivity index (χ1v) is 7.56. The SMILES string of the molecule is CCC1CNc2cc(CCNCCCOC)ccc2O1. The van der Waals surface area contributed by atoms with E-state index < -0.39 is 0 Å². The number of anilines is 1. The lowest BCUT2D eigenvalue weighted by Crippen LogP contribution is -2.30. The predicted octanol–water partition coefficient (Wildman–Crippen LogP) is 2.44. The zero-order valence-corrected chi connectivity index (χ0v) is 12.6. The van der Waals surface area contributed by atoms with E-state index in [4.69, 9.17) is 9.47 Å². The summed E-state index contributed by atoms with van der Waals surface area (Å²) in [5.41, 5.74) is 2.47. The van der Waals surface area contributed by atoms with Crippen LogP contribution in [0.3, 0.4) is 0 Å². The molecule has 1 aliphatic heterocycles. The molecule has 0 amide bonds. The molecule has 1 aliphatic rings. The Kier molecular flexibility index (Phi) is 6.15. The second-order valence-corrected chi connectivity index (χ2v) is 5.21. The monoisotopic (exact) mass is 278 g/mol. The standard InChI is InChI=1S/C16H26N2O2/c1-3-14-12-18-15-11-13(5-6-16(15)20-14)7-9-17-8-4-10-19-2/h5-6,11,14,17-18H,3-4,7-10,12H2,1-2H3. The number of hydrogen-bond donors (Lipinski definition) is 2. The van der Waals surface area contributed by atoms with Crippen molar-refractivity contribution in [3.8, 4) is 5.75 Å². The molecule has 4 nitrogen and oxygen atoms in total. The van der Waals surface area contributed by atoms with Crippen LogP contribution in [0.15, 0.2) is 18.2 Å². The van der Waals surface area contributed by atoms with Crippen LogP contribution in [0.4, 0.5) is 5.69 Å². The first kappa shape index (κ1) is 15.1. The van der Waals surface area contributed by atoms with E-state index in [1.54, 1.807) is 7.11 Å². The molecule has 0 fully saturated rings. The van der Waals surface area contributed by atoms with Gasteiger partial charge < -0.3 is 20.1 Å². The van der Waals surface area contributed by atoms with Gasteiger partial charge in [0.2, 0.25) is 0 Å². The van der Waals surface area contributed by atoms with Crippen LogP contribution in [-0.2, 0) is 11.2 Å². The summed E-state index contributed by atoms with van der Waals surface area (Å²) in [6.07, 6.45) is 3.45. The minimum atomic E-state index is 0.302. The topological polar surface area (TPSA) is 42.5 Å². The molecule has 0 saturated carbocycles. The van der Waals surface area contributed by atoms with Gasteiger partial charge in [-0.3, -0.25) is 0 Å². The molecule has 0 spiro atoms. The molecule has 1 aromatic rings. The van der Waals surface area contributed by atoms with Gasteiger partial charge in [-0.1, -0.05) is 13.0 Å². The number of fused-ring (bicyclic) bond motifs is 1. The van der Waals surface area contributed by atoms with Crippen LogP contribution in [0.2, 0.25) is 0 Å². The number of nitrogens with one attached hydrogen (secondary N) is 2. The molecular formula is C16H26N2O2. The van der Waals surface area contributed by atoms with Crippen molar-refractivity contribution in [3.63, 3.8) is 0 Å². The van der Waals surface area contributed by atoms with Gasteiger partial charge in [0, 0.05) is 13.7 Å². The zero-order valence-electron chi connectivity index (χ0n) is 12.6. The van der Waals surface area contributed by atoms with Crippen molar-refractivity contribution in [2.24, 2.45) is 0 Å². The molecular weight excluding hydrogens is 252 g/mol. The van der Waals surface area contributed by atoms with Crippen LogP contribution < -0.4 is 15.4 Å². The molecule has 1 atom stereocenters. The Morgan fingerprint density at radius 1 is 1.40 bits per heavy atom. The summed E-state index contributed by atoms with van der Waals surface area (Å²) < 4.78 is 10.9. The average Bonchev–Trinajstić information content (AvgIpc) is 2.50. The third kappa shape index (κ3) is 4.39. The largest absolute Gasteiger partial charge is 0.486 e. The molecule has 112 valence electrons. The summed E-state index contributed by atoms with van der Waals surface area (Å²) in [6, 6.07) is 6.46. The summed E-state index contributed by atoms with van der Waals surface area (Å²) in [7, 11) is 1.74. The number of ether oxygens (including phenoxy) is 2. The Bertz CT molecular complexity index is 409. The van der Waals surface area contributed by atoms with Crippen LogP contribution in [0.5, 0.6) is 5.75 Å². The molecule has 4 heteroatoms. The number of methoxy groups -OCH3 is 1. The fourth-order valence-corrected chi connectivity index (χ4v) is 2.35. The summed E-state index contributed by atoms with van der Waals surface area (Å²) >= 11 is 0. The Morgan fingerprint density at radius 2 is 2.30 bits per heavy atom. The fourth-order valence-electron chi connectivity index (χ4n) is 2.35. The lowest BCUT2D eigenvalue weighted by atomic mass is 10.1. The minimum absolute atomic E-state index is 0.302. The second kappa shape index (κ2) is 8.12. The number of rotatable bonds is 8. The van der Waals surface area contributed by atoms with Crippen molar-refractivity contribution in [3.05, 3.63) is 23.8 Å². The smallest absolute Gasteiger partial charge is 0.142 e. The number of benzene rings is 1. The van der Waals surface area contributed by atoms with Crippen molar-refractivity contribution in [1.82, 2.24) is 5.32 Å². The minimum Gasteiger partial charge on any atom is -0.486 e. The van der Waals surface area contributed by atoms with E-state index in [1.165, 1.54) is 5.56 Å². The normalized spacial score (nSPS) is 17.2. The van der Waals surface area contributed by atoms with E-state index in [1.807, 2.05) is 0 Å². The molecule has 20 heavy (non-hydrogen) atoms. The Labute approximate surface area is 121 Å². The van der Waals surface area contributed by atoms with Crippen molar-refractivity contribution in [2.45, 2.75) is 32.3 Å². The summed E-state index contributed by atoms with van der Waals surface area (Å²) in [4.78, 5) is 0. The van der Waals surface area contributed by atoms with E-state index in [0.29, 0.717) is 6.10 Å². The van der Waals surface area contributed by atoms with Crippen LogP contribution in [0.25, 0.3) is 0 Å². The van der Waals surface area contributed by atoms with E-state index in [0.717, 1.165) is 56.9 Å². The highest BCUT2D eigenvalue weighted by molar-refractivity contribution is 5.59. The molecule has 0 aromatic heterocycles. The van der Waals surface area contributed by atoms with Crippen molar-refractivity contribution in [1.29, 1.82) is 0 Å². The van der Waals surface area contributed by atoms with Gasteiger partial charge in [0.05, 0.1) is 12.2 Å².